The van der Waals surface area contributed by atoms with Gasteiger partial charge in [-0.2, -0.15) is 0 Å². The van der Waals surface area contributed by atoms with E-state index in [4.69, 9.17) is 4.84 Å². The molecule has 0 saturated carbocycles. The second-order valence-electron chi connectivity index (χ2n) is 7.13. The zero-order chi connectivity index (χ0) is 17.0. The number of benzene rings is 1. The Labute approximate surface area is 138 Å². The van der Waals surface area contributed by atoms with Gasteiger partial charge in [-0.3, -0.25) is 4.90 Å². The summed E-state index contributed by atoms with van der Waals surface area (Å²) in [5, 5.41) is 17.1. The first kappa shape index (κ1) is 17.5. The van der Waals surface area contributed by atoms with Crippen molar-refractivity contribution >= 4 is 0 Å². The molecule has 1 unspecified atom stereocenters. The van der Waals surface area contributed by atoms with E-state index in [-0.39, 0.29) is 11.6 Å². The van der Waals surface area contributed by atoms with Crippen molar-refractivity contribution < 1.29 is 9.81 Å². The SMILES string of the molecule is CC(c1ccccc1)N1CC[C@@H](O/N=[N+](\[O-])N(C)C(C)(C)C)C1. The number of likely N-dealkylation sites (tertiary alicyclic amines) is 1. The molecule has 1 aromatic rings. The average Bonchev–Trinajstić information content (AvgIpc) is 3.00. The normalized spacial score (nSPS) is 21.3. The Morgan fingerprint density at radius 2 is 2.00 bits per heavy atom. The smallest absolute Gasteiger partial charge is 0.233 e. The molecule has 0 bridgehead atoms. The third kappa shape index (κ3) is 4.58. The van der Waals surface area contributed by atoms with Crippen molar-refractivity contribution in [2.24, 2.45) is 5.28 Å². The maximum atomic E-state index is 11.9. The molecule has 23 heavy (non-hydrogen) atoms. The van der Waals surface area contributed by atoms with Gasteiger partial charge in [-0.1, -0.05) is 30.3 Å². The van der Waals surface area contributed by atoms with Gasteiger partial charge in [0.05, 0.1) is 17.6 Å². The molecule has 1 aliphatic heterocycles. The van der Waals surface area contributed by atoms with E-state index in [0.717, 1.165) is 19.5 Å². The fourth-order valence-electron chi connectivity index (χ4n) is 2.55. The number of hydrogen-bond donors (Lipinski definition) is 0. The molecule has 0 amide bonds. The molecule has 0 spiro atoms. The number of nitrogens with zero attached hydrogens (tertiary/aromatic N) is 4. The summed E-state index contributed by atoms with van der Waals surface area (Å²) in [5.74, 6) is 0. The van der Waals surface area contributed by atoms with Crippen LogP contribution in [0.4, 0.5) is 0 Å². The Bertz CT molecular complexity index is 527. The van der Waals surface area contributed by atoms with Gasteiger partial charge >= 0.3 is 0 Å². The zero-order valence-electron chi connectivity index (χ0n) is 14.8. The van der Waals surface area contributed by atoms with Crippen molar-refractivity contribution in [2.45, 2.75) is 51.8 Å². The molecule has 2 rings (SSSR count). The van der Waals surface area contributed by atoms with Gasteiger partial charge in [0.2, 0.25) is 5.28 Å². The van der Waals surface area contributed by atoms with Crippen molar-refractivity contribution in [1.29, 1.82) is 0 Å². The van der Waals surface area contributed by atoms with Crippen LogP contribution in [-0.4, -0.2) is 46.7 Å². The highest BCUT2D eigenvalue weighted by Crippen LogP contribution is 2.25. The summed E-state index contributed by atoms with van der Waals surface area (Å²) in [6.45, 7) is 9.78. The summed E-state index contributed by atoms with van der Waals surface area (Å²) < 4.78 is 0. The predicted molar refractivity (Wildman–Crippen MR) is 89.5 cm³/mol. The van der Waals surface area contributed by atoms with Crippen LogP contribution in [0.3, 0.4) is 0 Å². The molecule has 128 valence electrons. The van der Waals surface area contributed by atoms with Crippen molar-refractivity contribution in [3.8, 4) is 0 Å². The van der Waals surface area contributed by atoms with E-state index >= 15 is 0 Å². The van der Waals surface area contributed by atoms with E-state index in [1.54, 1.807) is 7.05 Å². The van der Waals surface area contributed by atoms with E-state index in [1.807, 2.05) is 26.8 Å². The highest BCUT2D eigenvalue weighted by atomic mass is 16.7. The Morgan fingerprint density at radius 3 is 2.61 bits per heavy atom. The van der Waals surface area contributed by atoms with E-state index in [1.165, 1.54) is 10.6 Å². The molecule has 0 radical (unpaired) electrons. The van der Waals surface area contributed by atoms with Gasteiger partial charge in [0.15, 0.2) is 0 Å². The second kappa shape index (κ2) is 7.17. The molecule has 0 aliphatic carbocycles. The minimum Gasteiger partial charge on any atom is -0.569 e. The van der Waals surface area contributed by atoms with Gasteiger partial charge in [0.1, 0.15) is 6.10 Å². The summed E-state index contributed by atoms with van der Waals surface area (Å²) in [6, 6.07) is 10.8. The molecule has 6 heteroatoms. The second-order valence-corrected chi connectivity index (χ2v) is 7.13. The standard InChI is InChI=1S/C17H28N4O2/c1-14(15-9-7-6-8-10-15)20-12-11-16(13-20)23-18-21(22)19(5)17(2,3)4/h6-10,14,16H,11-13H2,1-5H3/b21-18-/t14?,16-/m1/s1. The molecular weight excluding hydrogens is 292 g/mol. The summed E-state index contributed by atoms with van der Waals surface area (Å²) in [5.41, 5.74) is 1.00. The molecule has 1 aliphatic rings. The monoisotopic (exact) mass is 320 g/mol. The average molecular weight is 320 g/mol. The van der Waals surface area contributed by atoms with Gasteiger partial charge in [0, 0.05) is 25.6 Å². The van der Waals surface area contributed by atoms with Crippen LogP contribution in [0.2, 0.25) is 0 Å². The first-order chi connectivity index (χ1) is 10.8. The lowest BCUT2D eigenvalue weighted by Gasteiger charge is -2.26. The van der Waals surface area contributed by atoms with Gasteiger partial charge in [-0.15, -0.1) is 5.01 Å². The van der Waals surface area contributed by atoms with Crippen LogP contribution in [0.15, 0.2) is 35.6 Å². The van der Waals surface area contributed by atoms with E-state index in [2.05, 4.69) is 41.4 Å². The lowest BCUT2D eigenvalue weighted by atomic mass is 10.1. The van der Waals surface area contributed by atoms with Gasteiger partial charge < -0.3 is 10.0 Å². The molecule has 1 aromatic carbocycles. The fraction of sp³-hybridized carbons (Fsp3) is 0.647. The number of rotatable bonds is 5. The lowest BCUT2D eigenvalue weighted by molar-refractivity contribution is -0.720. The van der Waals surface area contributed by atoms with Crippen LogP contribution in [0, 0.1) is 5.21 Å². The highest BCUT2D eigenvalue weighted by molar-refractivity contribution is 5.18. The largest absolute Gasteiger partial charge is 0.569 e. The molecule has 1 saturated heterocycles. The van der Waals surface area contributed by atoms with Crippen molar-refractivity contribution in [2.75, 3.05) is 20.1 Å². The molecular formula is C17H28N4O2. The predicted octanol–water partition coefficient (Wildman–Crippen LogP) is 3.36. The van der Waals surface area contributed by atoms with E-state index in [0.29, 0.717) is 11.0 Å². The van der Waals surface area contributed by atoms with Crippen LogP contribution in [0.5, 0.6) is 0 Å². The third-order valence-corrected chi connectivity index (χ3v) is 4.50. The number of hydrazine groups is 1. The van der Waals surface area contributed by atoms with Crippen LogP contribution < -0.4 is 0 Å². The minimum atomic E-state index is -0.294. The topological polar surface area (TPSA) is 54.1 Å². The lowest BCUT2D eigenvalue weighted by Crippen LogP contribution is -2.42. The van der Waals surface area contributed by atoms with Crippen LogP contribution in [0.1, 0.15) is 45.7 Å². The first-order valence-electron chi connectivity index (χ1n) is 8.16. The Balaban J connectivity index is 1.88. The first-order valence-corrected chi connectivity index (χ1v) is 8.16. The fourth-order valence-corrected chi connectivity index (χ4v) is 2.55. The van der Waals surface area contributed by atoms with Crippen LogP contribution >= 0.6 is 0 Å². The molecule has 6 nitrogen and oxygen atoms in total. The molecule has 0 N–H and O–H groups in total. The minimum absolute atomic E-state index is 0.0361. The van der Waals surface area contributed by atoms with Gasteiger partial charge in [-0.25, -0.2) is 0 Å². The maximum absolute atomic E-state index is 11.9. The maximum Gasteiger partial charge on any atom is 0.233 e. The van der Waals surface area contributed by atoms with E-state index in [9.17, 15) is 5.21 Å². The van der Waals surface area contributed by atoms with Crippen molar-refractivity contribution in [1.82, 2.24) is 9.91 Å². The Morgan fingerprint density at radius 1 is 1.35 bits per heavy atom. The highest BCUT2D eigenvalue weighted by Gasteiger charge is 2.30. The van der Waals surface area contributed by atoms with E-state index < -0.39 is 0 Å². The van der Waals surface area contributed by atoms with Gasteiger partial charge in [-0.05, 0) is 33.3 Å². The summed E-state index contributed by atoms with van der Waals surface area (Å²) in [4.78, 5) is 8.34. The molecule has 1 heterocycles. The summed E-state index contributed by atoms with van der Waals surface area (Å²) in [7, 11) is 1.71. The van der Waals surface area contributed by atoms with Crippen molar-refractivity contribution in [3.63, 3.8) is 0 Å². The number of hydrogen-bond acceptors (Lipinski definition) is 4. The Kier molecular flexibility index (Phi) is 5.46. The summed E-state index contributed by atoms with van der Waals surface area (Å²) in [6.07, 6.45) is 0.847. The van der Waals surface area contributed by atoms with Crippen molar-refractivity contribution in [3.05, 3.63) is 41.1 Å². The van der Waals surface area contributed by atoms with Crippen LogP contribution in [0.25, 0.3) is 0 Å². The molecule has 0 aromatic heterocycles. The Hall–Kier alpha value is -1.82. The zero-order valence-corrected chi connectivity index (χ0v) is 14.8. The summed E-state index contributed by atoms with van der Waals surface area (Å²) >= 11 is 0. The van der Waals surface area contributed by atoms with Crippen LogP contribution in [-0.2, 0) is 4.84 Å². The molecule has 2 atom stereocenters. The van der Waals surface area contributed by atoms with Gasteiger partial charge in [0.25, 0.3) is 0 Å². The molecule has 1 fully saturated rings. The quantitative estimate of drug-likeness (QED) is 0.474. The third-order valence-electron chi connectivity index (χ3n) is 4.50.